The Morgan fingerprint density at radius 3 is 2.32 bits per heavy atom. The topological polar surface area (TPSA) is 120 Å². The van der Waals surface area contributed by atoms with Crippen molar-refractivity contribution in [1.29, 1.82) is 0 Å². The number of amides is 3. The summed E-state index contributed by atoms with van der Waals surface area (Å²) in [5.41, 5.74) is 0.288. The van der Waals surface area contributed by atoms with E-state index >= 15 is 0 Å². The zero-order valence-electron chi connectivity index (χ0n) is 18.0. The number of hydrogen-bond acceptors (Lipinski definition) is 7. The van der Waals surface area contributed by atoms with E-state index in [0.717, 1.165) is 32.1 Å². The van der Waals surface area contributed by atoms with Crippen molar-refractivity contribution in [2.24, 2.45) is 5.92 Å². The Hall–Kier alpha value is -3.10. The van der Waals surface area contributed by atoms with E-state index in [1.165, 1.54) is 6.07 Å². The molecule has 170 valence electrons. The third-order valence-electron chi connectivity index (χ3n) is 4.80. The van der Waals surface area contributed by atoms with Gasteiger partial charge in [0.2, 0.25) is 5.91 Å². The Morgan fingerprint density at radius 1 is 0.968 bits per heavy atom. The van der Waals surface area contributed by atoms with Crippen molar-refractivity contribution in [2.45, 2.75) is 46.0 Å². The first-order chi connectivity index (χ1) is 14.9. The van der Waals surface area contributed by atoms with Crippen molar-refractivity contribution >= 4 is 23.7 Å². The number of imide groups is 1. The number of carbonyl (C=O) groups excluding carboxylic acids is 4. The lowest BCUT2D eigenvalue weighted by molar-refractivity contribution is -0.149. The van der Waals surface area contributed by atoms with Gasteiger partial charge in [-0.2, -0.15) is 0 Å². The molecule has 0 spiro atoms. The van der Waals surface area contributed by atoms with E-state index in [1.54, 1.807) is 12.1 Å². The standard InChI is InChI=1S/C22H30N2O7/c1-3-29-17-11-10-16(12-18(17)30-4-2)21(27)23-13-20(26)31-14-19(25)24-22(28)15-8-6-5-7-9-15/h10-12,15H,3-9,13-14H2,1-2H3,(H,23,27)(H,24,25,28). The van der Waals surface area contributed by atoms with Gasteiger partial charge in [0.1, 0.15) is 6.54 Å². The highest BCUT2D eigenvalue weighted by Crippen LogP contribution is 2.28. The predicted molar refractivity (Wildman–Crippen MR) is 112 cm³/mol. The minimum Gasteiger partial charge on any atom is -0.490 e. The summed E-state index contributed by atoms with van der Waals surface area (Å²) < 4.78 is 15.8. The number of nitrogens with one attached hydrogen (secondary N) is 2. The molecular formula is C22H30N2O7. The monoisotopic (exact) mass is 434 g/mol. The van der Waals surface area contributed by atoms with Crippen LogP contribution in [0.1, 0.15) is 56.3 Å². The Bertz CT molecular complexity index is 788. The maximum Gasteiger partial charge on any atom is 0.325 e. The fraction of sp³-hybridized carbons (Fsp3) is 0.545. The van der Waals surface area contributed by atoms with Crippen LogP contribution in [0.5, 0.6) is 11.5 Å². The van der Waals surface area contributed by atoms with Gasteiger partial charge in [-0.25, -0.2) is 0 Å². The molecule has 0 saturated heterocycles. The van der Waals surface area contributed by atoms with E-state index in [1.807, 2.05) is 13.8 Å². The second-order valence-electron chi connectivity index (χ2n) is 7.12. The van der Waals surface area contributed by atoms with Gasteiger partial charge in [-0.15, -0.1) is 0 Å². The van der Waals surface area contributed by atoms with Gasteiger partial charge in [0.05, 0.1) is 13.2 Å². The average molecular weight is 434 g/mol. The van der Waals surface area contributed by atoms with Crippen LogP contribution in [-0.2, 0) is 19.1 Å². The Labute approximate surface area is 181 Å². The Balaban J connectivity index is 1.76. The zero-order chi connectivity index (χ0) is 22.6. The smallest absolute Gasteiger partial charge is 0.325 e. The third kappa shape index (κ3) is 7.92. The molecule has 1 aromatic carbocycles. The minimum absolute atomic E-state index is 0.164. The number of carbonyl (C=O) groups is 4. The first-order valence-electron chi connectivity index (χ1n) is 10.6. The predicted octanol–water partition coefficient (Wildman–Crippen LogP) is 1.98. The van der Waals surface area contributed by atoms with Crippen LogP contribution in [0.2, 0.25) is 0 Å². The normalized spacial score (nSPS) is 13.7. The van der Waals surface area contributed by atoms with Gasteiger partial charge in [0, 0.05) is 11.5 Å². The second-order valence-corrected chi connectivity index (χ2v) is 7.12. The van der Waals surface area contributed by atoms with Crippen LogP contribution in [0.25, 0.3) is 0 Å². The van der Waals surface area contributed by atoms with Crippen LogP contribution in [-0.4, -0.2) is 50.1 Å². The summed E-state index contributed by atoms with van der Waals surface area (Å²) in [6, 6.07) is 4.70. The van der Waals surface area contributed by atoms with Crippen LogP contribution < -0.4 is 20.1 Å². The van der Waals surface area contributed by atoms with Gasteiger partial charge < -0.3 is 19.5 Å². The third-order valence-corrected chi connectivity index (χ3v) is 4.80. The maximum absolute atomic E-state index is 12.3. The summed E-state index contributed by atoms with van der Waals surface area (Å²) in [6.07, 6.45) is 4.58. The largest absolute Gasteiger partial charge is 0.490 e. The van der Waals surface area contributed by atoms with Crippen molar-refractivity contribution < 1.29 is 33.4 Å². The van der Waals surface area contributed by atoms with Crippen molar-refractivity contribution in [3.8, 4) is 11.5 Å². The molecule has 2 N–H and O–H groups in total. The van der Waals surface area contributed by atoms with Crippen LogP contribution >= 0.6 is 0 Å². The van der Waals surface area contributed by atoms with E-state index in [4.69, 9.17) is 14.2 Å². The average Bonchev–Trinajstić information content (AvgIpc) is 2.78. The molecule has 9 heteroatoms. The first kappa shape index (κ1) is 24.2. The lowest BCUT2D eigenvalue weighted by Crippen LogP contribution is -2.39. The summed E-state index contributed by atoms with van der Waals surface area (Å²) in [4.78, 5) is 48.0. The van der Waals surface area contributed by atoms with E-state index < -0.39 is 30.9 Å². The van der Waals surface area contributed by atoms with E-state index in [0.29, 0.717) is 24.7 Å². The van der Waals surface area contributed by atoms with Crippen LogP contribution in [0.3, 0.4) is 0 Å². The van der Waals surface area contributed by atoms with Gasteiger partial charge in [-0.05, 0) is 44.9 Å². The molecule has 1 saturated carbocycles. The van der Waals surface area contributed by atoms with Crippen LogP contribution in [0, 0.1) is 5.92 Å². The highest BCUT2D eigenvalue weighted by atomic mass is 16.5. The van der Waals surface area contributed by atoms with Gasteiger partial charge in [0.15, 0.2) is 18.1 Å². The van der Waals surface area contributed by atoms with E-state index in [9.17, 15) is 19.2 Å². The van der Waals surface area contributed by atoms with Crippen molar-refractivity contribution in [2.75, 3.05) is 26.4 Å². The van der Waals surface area contributed by atoms with Gasteiger partial charge in [-0.1, -0.05) is 19.3 Å². The fourth-order valence-electron chi connectivity index (χ4n) is 3.28. The summed E-state index contributed by atoms with van der Waals surface area (Å²) in [7, 11) is 0. The minimum atomic E-state index is -0.787. The summed E-state index contributed by atoms with van der Waals surface area (Å²) >= 11 is 0. The molecule has 0 atom stereocenters. The Kier molecular flexibility index (Phi) is 9.80. The molecule has 1 aliphatic rings. The molecule has 0 heterocycles. The van der Waals surface area contributed by atoms with E-state index in [2.05, 4.69) is 10.6 Å². The molecule has 0 bridgehead atoms. The van der Waals surface area contributed by atoms with Crippen molar-refractivity contribution in [3.63, 3.8) is 0 Å². The van der Waals surface area contributed by atoms with Crippen molar-refractivity contribution in [3.05, 3.63) is 23.8 Å². The maximum atomic E-state index is 12.3. The molecule has 3 amide bonds. The molecule has 0 unspecified atom stereocenters. The fourth-order valence-corrected chi connectivity index (χ4v) is 3.28. The molecule has 0 aromatic heterocycles. The lowest BCUT2D eigenvalue weighted by Gasteiger charge is -2.20. The zero-order valence-corrected chi connectivity index (χ0v) is 18.0. The van der Waals surface area contributed by atoms with Gasteiger partial charge in [0.25, 0.3) is 11.8 Å². The highest BCUT2D eigenvalue weighted by molar-refractivity contribution is 5.98. The molecule has 1 aromatic rings. The molecule has 1 fully saturated rings. The molecule has 1 aliphatic carbocycles. The quantitative estimate of drug-likeness (QED) is 0.540. The SMILES string of the molecule is CCOc1ccc(C(=O)NCC(=O)OCC(=O)NC(=O)C2CCCCC2)cc1OCC. The second kappa shape index (κ2) is 12.6. The highest BCUT2D eigenvalue weighted by Gasteiger charge is 2.23. The molecular weight excluding hydrogens is 404 g/mol. The molecule has 9 nitrogen and oxygen atoms in total. The number of hydrogen-bond donors (Lipinski definition) is 2. The van der Waals surface area contributed by atoms with Crippen LogP contribution in [0.15, 0.2) is 18.2 Å². The summed E-state index contributed by atoms with van der Waals surface area (Å²) in [5.74, 6) is -1.50. The molecule has 31 heavy (non-hydrogen) atoms. The van der Waals surface area contributed by atoms with Gasteiger partial charge >= 0.3 is 5.97 Å². The first-order valence-corrected chi connectivity index (χ1v) is 10.6. The summed E-state index contributed by atoms with van der Waals surface area (Å²) in [5, 5.41) is 4.69. The number of benzene rings is 1. The number of ether oxygens (including phenoxy) is 3. The lowest BCUT2D eigenvalue weighted by atomic mass is 9.89. The Morgan fingerprint density at radius 2 is 1.65 bits per heavy atom. The van der Waals surface area contributed by atoms with Crippen LogP contribution in [0.4, 0.5) is 0 Å². The van der Waals surface area contributed by atoms with Gasteiger partial charge in [-0.3, -0.25) is 24.5 Å². The number of rotatable bonds is 10. The molecule has 0 aliphatic heterocycles. The molecule has 0 radical (unpaired) electrons. The van der Waals surface area contributed by atoms with Crippen molar-refractivity contribution in [1.82, 2.24) is 10.6 Å². The molecule has 2 rings (SSSR count). The summed E-state index contributed by atoms with van der Waals surface area (Å²) in [6.45, 7) is 3.52. The van der Waals surface area contributed by atoms with E-state index in [-0.39, 0.29) is 17.4 Å². The number of esters is 1.